The van der Waals surface area contributed by atoms with Gasteiger partial charge >= 0.3 is 0 Å². The number of rotatable bonds is 5. The lowest BCUT2D eigenvalue weighted by molar-refractivity contribution is 0.527. The lowest BCUT2D eigenvalue weighted by atomic mass is 10.0. The minimum Gasteiger partial charge on any atom is -0.382 e. The molecule has 1 aromatic rings. The molecule has 0 aliphatic heterocycles. The maximum atomic E-state index is 3.54. The minimum absolute atomic E-state index is 0.533. The minimum atomic E-state index is 0.533. The Morgan fingerprint density at radius 2 is 1.80 bits per heavy atom. The fourth-order valence-electron chi connectivity index (χ4n) is 1.50. The Bertz CT molecular complexity index is 296. The van der Waals surface area contributed by atoms with Gasteiger partial charge in [-0.1, -0.05) is 26.0 Å². The van der Waals surface area contributed by atoms with Crippen molar-refractivity contribution in [1.82, 2.24) is 0 Å². The fraction of sp³-hybridized carbons (Fsp3) is 0.538. The van der Waals surface area contributed by atoms with Crippen LogP contribution >= 0.6 is 15.9 Å². The summed E-state index contributed by atoms with van der Waals surface area (Å²) in [7, 11) is 0. The van der Waals surface area contributed by atoms with Crippen molar-refractivity contribution in [2.75, 3.05) is 5.32 Å². The largest absolute Gasteiger partial charge is 0.382 e. The third-order valence-corrected chi connectivity index (χ3v) is 3.14. The first-order valence-electron chi connectivity index (χ1n) is 5.60. The van der Waals surface area contributed by atoms with E-state index in [2.05, 4.69) is 60.2 Å². The van der Waals surface area contributed by atoms with Crippen LogP contribution in [-0.2, 0) is 0 Å². The Morgan fingerprint density at radius 1 is 1.13 bits per heavy atom. The maximum absolute atomic E-state index is 3.54. The summed E-state index contributed by atoms with van der Waals surface area (Å²) in [5, 5.41) is 3.52. The predicted molar refractivity (Wildman–Crippen MR) is 71.3 cm³/mol. The van der Waals surface area contributed by atoms with Gasteiger partial charge in [0.25, 0.3) is 0 Å². The first-order chi connectivity index (χ1) is 7.09. The van der Waals surface area contributed by atoms with Crippen molar-refractivity contribution in [2.24, 2.45) is 5.92 Å². The molecular formula is C13H20BrN. The van der Waals surface area contributed by atoms with Gasteiger partial charge in [0.05, 0.1) is 0 Å². The monoisotopic (exact) mass is 269 g/mol. The lowest BCUT2D eigenvalue weighted by Gasteiger charge is -2.17. The van der Waals surface area contributed by atoms with Crippen LogP contribution in [0.5, 0.6) is 0 Å². The summed E-state index contributed by atoms with van der Waals surface area (Å²) >= 11 is 3.54. The molecule has 0 aromatic heterocycles. The van der Waals surface area contributed by atoms with Gasteiger partial charge in [0.2, 0.25) is 0 Å². The second-order valence-corrected chi connectivity index (χ2v) is 5.35. The molecule has 1 N–H and O–H groups in total. The van der Waals surface area contributed by atoms with Crippen molar-refractivity contribution in [2.45, 2.75) is 39.7 Å². The highest BCUT2D eigenvalue weighted by Crippen LogP contribution is 2.22. The fourth-order valence-corrected chi connectivity index (χ4v) is 1.90. The van der Waals surface area contributed by atoms with Crippen LogP contribution in [0.2, 0.25) is 0 Å². The molecule has 1 rings (SSSR count). The van der Waals surface area contributed by atoms with Crippen molar-refractivity contribution in [3.63, 3.8) is 0 Å². The number of hydrogen-bond donors (Lipinski definition) is 1. The second-order valence-electron chi connectivity index (χ2n) is 4.50. The van der Waals surface area contributed by atoms with Crippen LogP contribution in [0.25, 0.3) is 0 Å². The highest BCUT2D eigenvalue weighted by Gasteiger charge is 2.05. The van der Waals surface area contributed by atoms with Gasteiger partial charge in [-0.3, -0.25) is 0 Å². The summed E-state index contributed by atoms with van der Waals surface area (Å²) in [6, 6.07) is 8.80. The summed E-state index contributed by atoms with van der Waals surface area (Å²) in [6.45, 7) is 6.78. The topological polar surface area (TPSA) is 12.0 Å². The number of anilines is 1. The van der Waals surface area contributed by atoms with E-state index in [0.717, 1.165) is 10.4 Å². The van der Waals surface area contributed by atoms with Crippen LogP contribution in [0.3, 0.4) is 0 Å². The van der Waals surface area contributed by atoms with E-state index in [4.69, 9.17) is 0 Å². The van der Waals surface area contributed by atoms with E-state index in [1.807, 2.05) is 6.07 Å². The molecule has 0 heterocycles. The van der Waals surface area contributed by atoms with Crippen molar-refractivity contribution in [3.05, 3.63) is 28.7 Å². The molecule has 0 aliphatic rings. The highest BCUT2D eigenvalue weighted by molar-refractivity contribution is 9.10. The van der Waals surface area contributed by atoms with Crippen LogP contribution in [0.1, 0.15) is 33.6 Å². The van der Waals surface area contributed by atoms with E-state index in [1.54, 1.807) is 0 Å². The summed E-state index contributed by atoms with van der Waals surface area (Å²) in [5.41, 5.74) is 1.19. The van der Waals surface area contributed by atoms with Crippen molar-refractivity contribution in [1.29, 1.82) is 0 Å². The Morgan fingerprint density at radius 3 is 2.40 bits per heavy atom. The first-order valence-corrected chi connectivity index (χ1v) is 6.40. The molecule has 1 aromatic carbocycles. The first kappa shape index (κ1) is 12.6. The molecule has 0 saturated carbocycles. The molecule has 0 saturated heterocycles. The van der Waals surface area contributed by atoms with Crippen LogP contribution in [-0.4, -0.2) is 6.04 Å². The van der Waals surface area contributed by atoms with Crippen molar-refractivity contribution < 1.29 is 0 Å². The zero-order chi connectivity index (χ0) is 11.3. The number of nitrogens with one attached hydrogen (secondary N) is 1. The van der Waals surface area contributed by atoms with Gasteiger partial charge in [-0.05, 0) is 53.7 Å². The molecule has 0 bridgehead atoms. The van der Waals surface area contributed by atoms with E-state index < -0.39 is 0 Å². The average Bonchev–Trinajstić information content (AvgIpc) is 2.18. The van der Waals surface area contributed by atoms with E-state index in [9.17, 15) is 0 Å². The van der Waals surface area contributed by atoms with Gasteiger partial charge in [-0.25, -0.2) is 0 Å². The van der Waals surface area contributed by atoms with Crippen molar-refractivity contribution in [3.8, 4) is 0 Å². The molecule has 2 heteroatoms. The molecule has 0 aliphatic carbocycles. The molecule has 0 amide bonds. The summed E-state index contributed by atoms with van der Waals surface area (Å²) in [6.07, 6.45) is 2.50. The third-order valence-electron chi connectivity index (χ3n) is 2.45. The summed E-state index contributed by atoms with van der Waals surface area (Å²) in [5.74, 6) is 0.786. The SMILES string of the molecule is CC(C)CCC(C)Nc1ccccc1Br. The third kappa shape index (κ3) is 4.70. The zero-order valence-electron chi connectivity index (χ0n) is 9.76. The van der Waals surface area contributed by atoms with Crippen molar-refractivity contribution >= 4 is 21.6 Å². The van der Waals surface area contributed by atoms with E-state index in [1.165, 1.54) is 18.5 Å². The van der Waals surface area contributed by atoms with Gasteiger partial charge < -0.3 is 5.32 Å². The van der Waals surface area contributed by atoms with E-state index >= 15 is 0 Å². The predicted octanol–water partition coefficient (Wildman–Crippen LogP) is 4.69. The van der Waals surface area contributed by atoms with Crippen LogP contribution in [0.4, 0.5) is 5.69 Å². The molecule has 1 nitrogen and oxygen atoms in total. The number of halogens is 1. The second kappa shape index (κ2) is 6.16. The van der Waals surface area contributed by atoms with E-state index in [-0.39, 0.29) is 0 Å². The molecular weight excluding hydrogens is 250 g/mol. The van der Waals surface area contributed by atoms with Gasteiger partial charge in [0.1, 0.15) is 0 Å². The molecule has 15 heavy (non-hydrogen) atoms. The standard InChI is InChI=1S/C13H20BrN/c1-10(2)8-9-11(3)15-13-7-5-4-6-12(13)14/h4-7,10-11,15H,8-9H2,1-3H3. The van der Waals surface area contributed by atoms with E-state index in [0.29, 0.717) is 6.04 Å². The molecule has 1 atom stereocenters. The van der Waals surface area contributed by atoms with Gasteiger partial charge in [0, 0.05) is 16.2 Å². The zero-order valence-corrected chi connectivity index (χ0v) is 11.3. The van der Waals surface area contributed by atoms with Gasteiger partial charge in [-0.2, -0.15) is 0 Å². The Kier molecular flexibility index (Phi) is 5.16. The quantitative estimate of drug-likeness (QED) is 0.818. The Hall–Kier alpha value is -0.500. The van der Waals surface area contributed by atoms with Crippen LogP contribution < -0.4 is 5.32 Å². The normalized spacial score (nSPS) is 12.9. The summed E-state index contributed by atoms with van der Waals surface area (Å²) in [4.78, 5) is 0. The molecule has 0 spiro atoms. The molecule has 84 valence electrons. The average molecular weight is 270 g/mol. The lowest BCUT2D eigenvalue weighted by Crippen LogP contribution is -2.16. The molecule has 1 unspecified atom stereocenters. The molecule has 0 fully saturated rings. The summed E-state index contributed by atoms with van der Waals surface area (Å²) < 4.78 is 1.14. The molecule has 0 radical (unpaired) electrons. The van der Waals surface area contributed by atoms with Gasteiger partial charge in [-0.15, -0.1) is 0 Å². The van der Waals surface area contributed by atoms with Gasteiger partial charge in [0.15, 0.2) is 0 Å². The number of benzene rings is 1. The number of hydrogen-bond acceptors (Lipinski definition) is 1. The highest BCUT2D eigenvalue weighted by atomic mass is 79.9. The Balaban J connectivity index is 2.44. The maximum Gasteiger partial charge on any atom is 0.0486 e. The number of para-hydroxylation sites is 1. The van der Waals surface area contributed by atoms with Crippen LogP contribution in [0, 0.1) is 5.92 Å². The smallest absolute Gasteiger partial charge is 0.0486 e. The Labute approximate surface area is 101 Å². The van der Waals surface area contributed by atoms with Crippen LogP contribution in [0.15, 0.2) is 28.7 Å².